The Morgan fingerprint density at radius 1 is 0.667 bits per heavy atom. The number of ether oxygens (including phenoxy) is 1. The van der Waals surface area contributed by atoms with E-state index in [1.807, 2.05) is 0 Å². The van der Waals surface area contributed by atoms with Crippen LogP contribution in [0.2, 0.25) is 0 Å². The van der Waals surface area contributed by atoms with Gasteiger partial charge in [-0.05, 0) is 40.0 Å². The van der Waals surface area contributed by atoms with Crippen LogP contribution < -0.4 is 0 Å². The Morgan fingerprint density at radius 2 is 1.00 bits per heavy atom. The summed E-state index contributed by atoms with van der Waals surface area (Å²) < 4.78 is 5.99. The van der Waals surface area contributed by atoms with Gasteiger partial charge in [-0.1, -0.05) is 20.8 Å². The highest BCUT2D eigenvalue weighted by molar-refractivity contribution is 4.86. The number of hydrogen-bond donors (Lipinski definition) is 0. The third-order valence-corrected chi connectivity index (χ3v) is 2.37. The first kappa shape index (κ1) is 12.0. The molecule has 0 rings (SSSR count). The molecule has 1 nitrogen and oxygen atoms in total. The van der Waals surface area contributed by atoms with Gasteiger partial charge in [-0.2, -0.15) is 0 Å². The lowest BCUT2D eigenvalue weighted by molar-refractivity contribution is -0.162. The van der Waals surface area contributed by atoms with Crippen molar-refractivity contribution in [3.05, 3.63) is 0 Å². The van der Waals surface area contributed by atoms with Gasteiger partial charge in [0.15, 0.2) is 0 Å². The SMILES string of the molecule is CC(C)(C)OC(C)(C)C(C)(C)C. The minimum Gasteiger partial charge on any atom is -0.369 e. The third kappa shape index (κ3) is 3.57. The van der Waals surface area contributed by atoms with E-state index < -0.39 is 0 Å². The van der Waals surface area contributed by atoms with Gasteiger partial charge >= 0.3 is 0 Å². The molecule has 0 fully saturated rings. The van der Waals surface area contributed by atoms with Gasteiger partial charge in [0.2, 0.25) is 0 Å². The van der Waals surface area contributed by atoms with Crippen LogP contribution in [0.4, 0.5) is 0 Å². The van der Waals surface area contributed by atoms with Gasteiger partial charge in [-0.25, -0.2) is 0 Å². The molecule has 0 atom stereocenters. The summed E-state index contributed by atoms with van der Waals surface area (Å²) in [6.07, 6.45) is 0. The van der Waals surface area contributed by atoms with E-state index in [9.17, 15) is 0 Å². The fourth-order valence-corrected chi connectivity index (χ4v) is 0.919. The zero-order valence-corrected chi connectivity index (χ0v) is 9.91. The summed E-state index contributed by atoms with van der Waals surface area (Å²) in [5.74, 6) is 0. The van der Waals surface area contributed by atoms with E-state index in [2.05, 4.69) is 55.4 Å². The first-order valence-corrected chi connectivity index (χ1v) is 4.66. The smallest absolute Gasteiger partial charge is 0.0681 e. The molecule has 1 heteroatoms. The van der Waals surface area contributed by atoms with Crippen LogP contribution >= 0.6 is 0 Å². The van der Waals surface area contributed by atoms with Crippen LogP contribution in [-0.2, 0) is 4.74 Å². The summed E-state index contributed by atoms with van der Waals surface area (Å²) in [4.78, 5) is 0. The largest absolute Gasteiger partial charge is 0.369 e. The zero-order chi connectivity index (χ0) is 10.2. The summed E-state index contributed by atoms with van der Waals surface area (Å²) in [5, 5.41) is 0. The minimum atomic E-state index is -0.0781. The van der Waals surface area contributed by atoms with Crippen LogP contribution in [0.5, 0.6) is 0 Å². The van der Waals surface area contributed by atoms with Crippen molar-refractivity contribution in [1.29, 1.82) is 0 Å². The first-order valence-electron chi connectivity index (χ1n) is 4.66. The quantitative estimate of drug-likeness (QED) is 0.587. The van der Waals surface area contributed by atoms with Gasteiger partial charge in [-0.3, -0.25) is 0 Å². The maximum Gasteiger partial charge on any atom is 0.0681 e. The van der Waals surface area contributed by atoms with Crippen LogP contribution in [0.1, 0.15) is 55.4 Å². The molecule has 0 aromatic carbocycles. The highest BCUT2D eigenvalue weighted by atomic mass is 16.5. The van der Waals surface area contributed by atoms with Gasteiger partial charge in [0.1, 0.15) is 0 Å². The van der Waals surface area contributed by atoms with Gasteiger partial charge < -0.3 is 4.74 Å². The van der Waals surface area contributed by atoms with E-state index >= 15 is 0 Å². The highest BCUT2D eigenvalue weighted by Crippen LogP contribution is 2.35. The Labute approximate surface area is 77.5 Å². The fourth-order valence-electron chi connectivity index (χ4n) is 0.919. The summed E-state index contributed by atoms with van der Waals surface area (Å²) in [5.41, 5.74) is 0.0440. The Balaban J connectivity index is 4.44. The molecule has 0 N–H and O–H groups in total. The molecule has 0 radical (unpaired) electrons. The van der Waals surface area contributed by atoms with Crippen LogP contribution in [0.3, 0.4) is 0 Å². The zero-order valence-electron chi connectivity index (χ0n) is 9.91. The lowest BCUT2D eigenvalue weighted by Gasteiger charge is -2.43. The number of rotatable bonds is 1. The Kier molecular flexibility index (Phi) is 3.01. The lowest BCUT2D eigenvalue weighted by atomic mass is 9.78. The molecule has 0 heterocycles. The van der Waals surface area contributed by atoms with Crippen molar-refractivity contribution in [3.63, 3.8) is 0 Å². The summed E-state index contributed by atoms with van der Waals surface area (Å²) >= 11 is 0. The monoisotopic (exact) mass is 172 g/mol. The van der Waals surface area contributed by atoms with Crippen molar-refractivity contribution in [2.24, 2.45) is 5.41 Å². The fraction of sp³-hybridized carbons (Fsp3) is 1.00. The maximum atomic E-state index is 5.99. The van der Waals surface area contributed by atoms with Crippen molar-refractivity contribution >= 4 is 0 Å². The second-order valence-corrected chi connectivity index (χ2v) is 5.97. The van der Waals surface area contributed by atoms with E-state index in [0.717, 1.165) is 0 Å². The topological polar surface area (TPSA) is 9.23 Å². The minimum absolute atomic E-state index is 0.0588. The van der Waals surface area contributed by atoms with E-state index in [1.54, 1.807) is 0 Å². The maximum absolute atomic E-state index is 5.99. The van der Waals surface area contributed by atoms with Crippen molar-refractivity contribution in [3.8, 4) is 0 Å². The van der Waals surface area contributed by atoms with Crippen molar-refractivity contribution in [2.45, 2.75) is 66.6 Å². The van der Waals surface area contributed by atoms with Gasteiger partial charge in [0, 0.05) is 0 Å². The first-order chi connectivity index (χ1) is 4.96. The Bertz CT molecular complexity index is 143. The van der Waals surface area contributed by atoms with Crippen molar-refractivity contribution < 1.29 is 4.74 Å². The van der Waals surface area contributed by atoms with E-state index in [4.69, 9.17) is 4.74 Å². The standard InChI is InChI=1S/C11H24O/c1-9(2,3)11(7,8)12-10(4,5)6/h1-8H3. The van der Waals surface area contributed by atoms with Crippen LogP contribution in [0.15, 0.2) is 0 Å². The molecule has 0 aliphatic rings. The second-order valence-electron chi connectivity index (χ2n) is 5.97. The Morgan fingerprint density at radius 3 is 1.08 bits per heavy atom. The molecule has 0 saturated carbocycles. The highest BCUT2D eigenvalue weighted by Gasteiger charge is 2.36. The van der Waals surface area contributed by atoms with Crippen LogP contribution in [0.25, 0.3) is 0 Å². The van der Waals surface area contributed by atoms with Gasteiger partial charge in [0.05, 0.1) is 11.2 Å². The molecule has 0 saturated heterocycles. The Hall–Kier alpha value is -0.0400. The number of hydrogen-bond acceptors (Lipinski definition) is 1. The third-order valence-electron chi connectivity index (χ3n) is 2.37. The van der Waals surface area contributed by atoms with Gasteiger partial charge in [0.25, 0.3) is 0 Å². The molecule has 0 amide bonds. The molecular weight excluding hydrogens is 148 g/mol. The molecule has 0 aromatic heterocycles. The second kappa shape index (κ2) is 3.02. The molecule has 0 aliphatic carbocycles. The molecule has 0 bridgehead atoms. The van der Waals surface area contributed by atoms with E-state index in [-0.39, 0.29) is 16.6 Å². The molecule has 74 valence electrons. The van der Waals surface area contributed by atoms with Crippen LogP contribution in [0, 0.1) is 5.41 Å². The summed E-state index contributed by atoms with van der Waals surface area (Å²) in [6.45, 7) is 17.2. The molecule has 0 aliphatic heterocycles. The lowest BCUT2D eigenvalue weighted by Crippen LogP contribution is -2.44. The predicted molar refractivity (Wildman–Crippen MR) is 54.4 cm³/mol. The summed E-state index contributed by atoms with van der Waals surface area (Å²) in [6, 6.07) is 0. The predicted octanol–water partition coefficient (Wildman–Crippen LogP) is 3.63. The summed E-state index contributed by atoms with van der Waals surface area (Å²) in [7, 11) is 0. The average molecular weight is 172 g/mol. The van der Waals surface area contributed by atoms with E-state index in [0.29, 0.717) is 0 Å². The normalized spacial score (nSPS) is 15.0. The van der Waals surface area contributed by atoms with Crippen molar-refractivity contribution in [1.82, 2.24) is 0 Å². The molecule has 0 spiro atoms. The average Bonchev–Trinajstić information content (AvgIpc) is 1.52. The van der Waals surface area contributed by atoms with E-state index in [1.165, 1.54) is 0 Å². The molecule has 12 heavy (non-hydrogen) atoms. The van der Waals surface area contributed by atoms with Crippen LogP contribution in [-0.4, -0.2) is 11.2 Å². The van der Waals surface area contributed by atoms with Crippen molar-refractivity contribution in [2.75, 3.05) is 0 Å². The molecule has 0 aromatic rings. The molecule has 0 unspecified atom stereocenters. The van der Waals surface area contributed by atoms with Gasteiger partial charge in [-0.15, -0.1) is 0 Å². The molecular formula is C11H24O.